The van der Waals surface area contributed by atoms with Gasteiger partial charge in [0.2, 0.25) is 0 Å². The maximum atomic E-state index is 11.6. The third-order valence-corrected chi connectivity index (χ3v) is 4.41. The molecular formula is C19H26N4O2S. The van der Waals surface area contributed by atoms with Crippen molar-refractivity contribution < 1.29 is 9.53 Å². The zero-order valence-electron chi connectivity index (χ0n) is 15.4. The van der Waals surface area contributed by atoms with Gasteiger partial charge >= 0.3 is 5.97 Å². The molecule has 0 fully saturated rings. The fourth-order valence-corrected chi connectivity index (χ4v) is 2.81. The first-order valence-corrected chi connectivity index (χ1v) is 9.19. The second kappa shape index (κ2) is 10.6. The topological polar surface area (TPSA) is 59.4 Å². The number of aryl methyl sites for hydroxylation is 2. The van der Waals surface area contributed by atoms with E-state index in [0.717, 1.165) is 19.5 Å². The van der Waals surface area contributed by atoms with Crippen molar-refractivity contribution in [2.75, 3.05) is 19.7 Å². The third kappa shape index (κ3) is 6.48. The van der Waals surface area contributed by atoms with Crippen molar-refractivity contribution in [3.8, 4) is 0 Å². The highest BCUT2D eigenvalue weighted by Crippen LogP contribution is 2.11. The number of carbonyl (C=O) groups is 1. The SMILES string of the molecule is CCOC(=O)CNC(=S)N(CCCn1ccnc1)Cc1ccccc1C. The molecule has 0 aliphatic carbocycles. The molecule has 0 atom stereocenters. The summed E-state index contributed by atoms with van der Waals surface area (Å²) in [6.07, 6.45) is 6.45. The molecule has 0 radical (unpaired) electrons. The summed E-state index contributed by atoms with van der Waals surface area (Å²) in [5, 5.41) is 3.58. The molecule has 1 aromatic carbocycles. The molecule has 2 rings (SSSR count). The van der Waals surface area contributed by atoms with Gasteiger partial charge in [0.15, 0.2) is 5.11 Å². The molecule has 1 N–H and O–H groups in total. The average molecular weight is 375 g/mol. The van der Waals surface area contributed by atoms with Crippen LogP contribution in [0.5, 0.6) is 0 Å². The monoisotopic (exact) mass is 374 g/mol. The normalized spacial score (nSPS) is 10.4. The van der Waals surface area contributed by atoms with Crippen LogP contribution < -0.4 is 5.32 Å². The Bertz CT molecular complexity index is 703. The number of hydrogen-bond donors (Lipinski definition) is 1. The second-order valence-electron chi connectivity index (χ2n) is 5.97. The van der Waals surface area contributed by atoms with Crippen molar-refractivity contribution in [2.45, 2.75) is 33.4 Å². The first-order chi connectivity index (χ1) is 12.6. The second-order valence-corrected chi connectivity index (χ2v) is 6.35. The van der Waals surface area contributed by atoms with E-state index in [9.17, 15) is 4.79 Å². The van der Waals surface area contributed by atoms with Crippen LogP contribution in [0.15, 0.2) is 43.0 Å². The molecule has 1 heterocycles. The van der Waals surface area contributed by atoms with Crippen molar-refractivity contribution in [3.63, 3.8) is 0 Å². The Kier molecular flexibility index (Phi) is 8.08. The first-order valence-electron chi connectivity index (χ1n) is 8.78. The Hall–Kier alpha value is -2.41. The summed E-state index contributed by atoms with van der Waals surface area (Å²) in [6, 6.07) is 8.25. The van der Waals surface area contributed by atoms with Crippen molar-refractivity contribution in [3.05, 3.63) is 54.1 Å². The zero-order valence-corrected chi connectivity index (χ0v) is 16.2. The molecule has 0 unspecified atom stereocenters. The van der Waals surface area contributed by atoms with Crippen LogP contribution in [0, 0.1) is 6.92 Å². The Labute approximate surface area is 160 Å². The molecule has 0 saturated heterocycles. The van der Waals surface area contributed by atoms with Crippen LogP contribution in [-0.2, 0) is 22.6 Å². The lowest BCUT2D eigenvalue weighted by Gasteiger charge is -2.26. The van der Waals surface area contributed by atoms with E-state index in [1.165, 1.54) is 11.1 Å². The first kappa shape index (κ1) is 19.9. The van der Waals surface area contributed by atoms with E-state index in [4.69, 9.17) is 17.0 Å². The van der Waals surface area contributed by atoms with Gasteiger partial charge in [-0.15, -0.1) is 0 Å². The Morgan fingerprint density at radius 2 is 2.19 bits per heavy atom. The lowest BCUT2D eigenvalue weighted by molar-refractivity contribution is -0.141. The average Bonchev–Trinajstić information content (AvgIpc) is 3.14. The lowest BCUT2D eigenvalue weighted by atomic mass is 10.1. The third-order valence-electron chi connectivity index (χ3n) is 4.00. The molecule has 0 aliphatic rings. The van der Waals surface area contributed by atoms with Gasteiger partial charge < -0.3 is 19.5 Å². The van der Waals surface area contributed by atoms with Crippen LogP contribution in [0.3, 0.4) is 0 Å². The number of nitrogens with zero attached hydrogens (tertiary/aromatic N) is 3. The fourth-order valence-electron chi connectivity index (χ4n) is 2.58. The molecule has 0 amide bonds. The number of nitrogens with one attached hydrogen (secondary N) is 1. The predicted molar refractivity (Wildman–Crippen MR) is 106 cm³/mol. The molecule has 2 aromatic rings. The fraction of sp³-hybridized carbons (Fsp3) is 0.421. The number of esters is 1. The highest BCUT2D eigenvalue weighted by molar-refractivity contribution is 7.80. The summed E-state index contributed by atoms with van der Waals surface area (Å²) in [4.78, 5) is 17.7. The van der Waals surface area contributed by atoms with Gasteiger partial charge in [-0.2, -0.15) is 0 Å². The predicted octanol–water partition coefficient (Wildman–Crippen LogP) is 2.52. The van der Waals surface area contributed by atoms with Crippen molar-refractivity contribution in [1.82, 2.24) is 19.8 Å². The Morgan fingerprint density at radius 3 is 2.88 bits per heavy atom. The number of thiocarbonyl (C=S) groups is 1. The van der Waals surface area contributed by atoms with Crippen molar-refractivity contribution in [2.24, 2.45) is 0 Å². The molecule has 7 heteroatoms. The summed E-state index contributed by atoms with van der Waals surface area (Å²) in [5.74, 6) is -0.302. The number of imidazole rings is 1. The molecule has 140 valence electrons. The number of hydrogen-bond acceptors (Lipinski definition) is 4. The van der Waals surface area contributed by atoms with Gasteiger partial charge in [-0.05, 0) is 43.6 Å². The molecule has 0 bridgehead atoms. The number of benzene rings is 1. The molecular weight excluding hydrogens is 348 g/mol. The molecule has 6 nitrogen and oxygen atoms in total. The van der Waals surface area contributed by atoms with E-state index < -0.39 is 0 Å². The minimum Gasteiger partial charge on any atom is -0.465 e. The zero-order chi connectivity index (χ0) is 18.8. The van der Waals surface area contributed by atoms with E-state index in [2.05, 4.69) is 34.3 Å². The Balaban J connectivity index is 1.96. The largest absolute Gasteiger partial charge is 0.465 e. The molecule has 0 saturated carbocycles. The van der Waals surface area contributed by atoms with Crippen LogP contribution in [0.2, 0.25) is 0 Å². The van der Waals surface area contributed by atoms with E-state index in [0.29, 0.717) is 18.3 Å². The van der Waals surface area contributed by atoms with Gasteiger partial charge in [0.05, 0.1) is 12.9 Å². The van der Waals surface area contributed by atoms with E-state index in [-0.39, 0.29) is 12.5 Å². The number of ether oxygens (including phenoxy) is 1. The summed E-state index contributed by atoms with van der Waals surface area (Å²) >= 11 is 5.52. The molecule has 0 aliphatic heterocycles. The van der Waals surface area contributed by atoms with E-state index in [1.54, 1.807) is 13.1 Å². The number of aromatic nitrogens is 2. The summed E-state index contributed by atoms with van der Waals surface area (Å²) < 4.78 is 6.99. The lowest BCUT2D eigenvalue weighted by Crippen LogP contribution is -2.42. The highest BCUT2D eigenvalue weighted by atomic mass is 32.1. The van der Waals surface area contributed by atoms with Gasteiger partial charge in [-0.25, -0.2) is 4.98 Å². The van der Waals surface area contributed by atoms with Crippen molar-refractivity contribution in [1.29, 1.82) is 0 Å². The van der Waals surface area contributed by atoms with Crippen molar-refractivity contribution >= 4 is 23.3 Å². The standard InChI is InChI=1S/C19H26N4O2S/c1-3-25-18(24)13-21-19(26)23(11-6-10-22-12-9-20-15-22)14-17-8-5-4-7-16(17)2/h4-5,7-9,12,15H,3,6,10-11,13-14H2,1-2H3,(H,21,26). The minimum absolute atomic E-state index is 0.0818. The van der Waals surface area contributed by atoms with Gasteiger partial charge in [0.25, 0.3) is 0 Å². The molecule has 26 heavy (non-hydrogen) atoms. The van der Waals surface area contributed by atoms with Crippen LogP contribution in [0.1, 0.15) is 24.5 Å². The van der Waals surface area contributed by atoms with Gasteiger partial charge in [0.1, 0.15) is 6.54 Å². The number of rotatable bonds is 9. The van der Waals surface area contributed by atoms with Crippen LogP contribution >= 0.6 is 12.2 Å². The molecule has 1 aromatic heterocycles. The maximum absolute atomic E-state index is 11.6. The highest BCUT2D eigenvalue weighted by Gasteiger charge is 2.13. The summed E-state index contributed by atoms with van der Waals surface area (Å²) in [7, 11) is 0. The van der Waals surface area contributed by atoms with Crippen LogP contribution in [-0.4, -0.2) is 45.2 Å². The summed E-state index contributed by atoms with van der Waals surface area (Å²) in [6.45, 7) is 6.67. The maximum Gasteiger partial charge on any atom is 0.325 e. The van der Waals surface area contributed by atoms with Crippen LogP contribution in [0.25, 0.3) is 0 Å². The molecule has 0 spiro atoms. The quantitative estimate of drug-likeness (QED) is 0.538. The Morgan fingerprint density at radius 1 is 1.38 bits per heavy atom. The van der Waals surface area contributed by atoms with Gasteiger partial charge in [-0.1, -0.05) is 24.3 Å². The van der Waals surface area contributed by atoms with Gasteiger partial charge in [0, 0.05) is 32.0 Å². The number of carbonyl (C=O) groups excluding carboxylic acids is 1. The van der Waals surface area contributed by atoms with Gasteiger partial charge in [-0.3, -0.25) is 4.79 Å². The smallest absolute Gasteiger partial charge is 0.325 e. The minimum atomic E-state index is -0.302. The van der Waals surface area contributed by atoms with Crippen LogP contribution in [0.4, 0.5) is 0 Å². The summed E-state index contributed by atoms with van der Waals surface area (Å²) in [5.41, 5.74) is 2.44. The van der Waals surface area contributed by atoms with E-state index >= 15 is 0 Å². The van der Waals surface area contributed by atoms with E-state index in [1.807, 2.05) is 29.2 Å².